The van der Waals surface area contributed by atoms with Gasteiger partial charge in [0, 0.05) is 11.6 Å². The Kier molecular flexibility index (Phi) is 2.52. The highest BCUT2D eigenvalue weighted by Gasteiger charge is 2.07. The lowest BCUT2D eigenvalue weighted by atomic mass is 10.0. The van der Waals surface area contributed by atoms with Crippen molar-refractivity contribution in [1.82, 2.24) is 15.2 Å². The molecular weight excluding hydrogens is 240 g/mol. The summed E-state index contributed by atoms with van der Waals surface area (Å²) in [4.78, 5) is 15.1. The van der Waals surface area contributed by atoms with Gasteiger partial charge in [0.2, 0.25) is 0 Å². The van der Waals surface area contributed by atoms with Crippen molar-refractivity contribution in [3.8, 4) is 11.1 Å². The number of nitrogens with zero attached hydrogens (tertiary/aromatic N) is 2. The Morgan fingerprint density at radius 3 is 2.79 bits per heavy atom. The Morgan fingerprint density at radius 1 is 1.21 bits per heavy atom. The number of carbonyl (C=O) groups excluding carboxylic acids is 1. The van der Waals surface area contributed by atoms with Crippen LogP contribution in [0.25, 0.3) is 22.0 Å². The Balaban J connectivity index is 2.15. The van der Waals surface area contributed by atoms with E-state index in [9.17, 15) is 4.79 Å². The number of fused-ring (bicyclic) bond motifs is 1. The number of aromatic nitrogens is 3. The molecule has 0 fully saturated rings. The number of primary amides is 1. The summed E-state index contributed by atoms with van der Waals surface area (Å²) < 4.78 is 0. The second-order valence-electron chi connectivity index (χ2n) is 4.36. The largest absolute Gasteiger partial charge is 0.364 e. The van der Waals surface area contributed by atoms with Crippen LogP contribution in [-0.2, 0) is 0 Å². The first kappa shape index (κ1) is 11.4. The number of amides is 1. The topological polar surface area (TPSA) is 84.7 Å². The van der Waals surface area contributed by atoms with Gasteiger partial charge in [-0.05, 0) is 42.3 Å². The van der Waals surface area contributed by atoms with Gasteiger partial charge >= 0.3 is 0 Å². The van der Waals surface area contributed by atoms with Crippen LogP contribution in [0.5, 0.6) is 0 Å². The smallest absolute Gasteiger partial charge is 0.267 e. The highest BCUT2D eigenvalue weighted by Crippen LogP contribution is 2.25. The Hall–Kier alpha value is -2.69. The van der Waals surface area contributed by atoms with E-state index in [0.29, 0.717) is 0 Å². The summed E-state index contributed by atoms with van der Waals surface area (Å²) in [6, 6.07) is 9.52. The van der Waals surface area contributed by atoms with Gasteiger partial charge in [-0.25, -0.2) is 0 Å². The molecule has 0 atom stereocenters. The molecule has 94 valence electrons. The minimum absolute atomic E-state index is 0.265. The predicted molar refractivity (Wildman–Crippen MR) is 72.6 cm³/mol. The van der Waals surface area contributed by atoms with Crippen molar-refractivity contribution < 1.29 is 4.79 Å². The molecule has 19 heavy (non-hydrogen) atoms. The summed E-state index contributed by atoms with van der Waals surface area (Å²) >= 11 is 0. The first-order valence-electron chi connectivity index (χ1n) is 5.86. The molecule has 5 heteroatoms. The number of pyridine rings is 1. The number of carbonyl (C=O) groups is 1. The lowest BCUT2D eigenvalue weighted by molar-refractivity contribution is 0.0995. The molecular formula is C14H12N4O. The SMILES string of the molecule is Cc1n[nH]c2ccc(-c3ccnc(C(N)=O)c3)cc12. The third-order valence-electron chi connectivity index (χ3n) is 3.10. The molecule has 1 amide bonds. The zero-order chi connectivity index (χ0) is 13.4. The summed E-state index contributed by atoms with van der Waals surface area (Å²) in [7, 11) is 0. The lowest BCUT2D eigenvalue weighted by Crippen LogP contribution is -2.12. The van der Waals surface area contributed by atoms with Crippen LogP contribution in [0.2, 0.25) is 0 Å². The molecule has 0 saturated heterocycles. The monoisotopic (exact) mass is 252 g/mol. The molecule has 0 spiro atoms. The molecule has 0 aliphatic heterocycles. The van der Waals surface area contributed by atoms with Crippen molar-refractivity contribution in [2.24, 2.45) is 5.73 Å². The van der Waals surface area contributed by atoms with E-state index < -0.39 is 5.91 Å². The molecule has 0 aliphatic rings. The van der Waals surface area contributed by atoms with Crippen LogP contribution in [-0.4, -0.2) is 21.1 Å². The van der Waals surface area contributed by atoms with Crippen molar-refractivity contribution in [2.45, 2.75) is 6.92 Å². The van der Waals surface area contributed by atoms with Crippen LogP contribution < -0.4 is 5.73 Å². The zero-order valence-corrected chi connectivity index (χ0v) is 10.3. The van der Waals surface area contributed by atoms with E-state index in [2.05, 4.69) is 15.2 Å². The summed E-state index contributed by atoms with van der Waals surface area (Å²) in [6.07, 6.45) is 1.59. The van der Waals surface area contributed by atoms with Crippen LogP contribution in [0.4, 0.5) is 0 Å². The molecule has 2 aromatic heterocycles. The van der Waals surface area contributed by atoms with E-state index in [1.165, 1.54) is 0 Å². The fourth-order valence-corrected chi connectivity index (χ4v) is 2.07. The van der Waals surface area contributed by atoms with Gasteiger partial charge in [-0.3, -0.25) is 14.9 Å². The maximum Gasteiger partial charge on any atom is 0.267 e. The van der Waals surface area contributed by atoms with E-state index in [1.54, 1.807) is 12.3 Å². The van der Waals surface area contributed by atoms with Crippen molar-refractivity contribution in [1.29, 1.82) is 0 Å². The summed E-state index contributed by atoms with van der Waals surface area (Å²) in [5.41, 5.74) is 9.35. The van der Waals surface area contributed by atoms with Crippen LogP contribution in [0.1, 0.15) is 16.2 Å². The number of rotatable bonds is 2. The summed E-state index contributed by atoms with van der Waals surface area (Å²) in [5.74, 6) is -0.526. The molecule has 0 bridgehead atoms. The van der Waals surface area contributed by atoms with E-state index in [4.69, 9.17) is 5.73 Å². The maximum atomic E-state index is 11.2. The highest BCUT2D eigenvalue weighted by atomic mass is 16.1. The zero-order valence-electron chi connectivity index (χ0n) is 10.3. The molecule has 3 aromatic rings. The van der Waals surface area contributed by atoms with E-state index in [1.807, 2.05) is 31.2 Å². The fraction of sp³-hybridized carbons (Fsp3) is 0.0714. The van der Waals surface area contributed by atoms with Crippen LogP contribution in [0.3, 0.4) is 0 Å². The minimum Gasteiger partial charge on any atom is -0.364 e. The number of nitrogens with two attached hydrogens (primary N) is 1. The summed E-state index contributed by atoms with van der Waals surface area (Å²) in [5, 5.41) is 8.19. The van der Waals surface area contributed by atoms with E-state index in [0.717, 1.165) is 27.7 Å². The van der Waals surface area contributed by atoms with Crippen molar-refractivity contribution in [3.05, 3.63) is 47.9 Å². The molecule has 2 heterocycles. The second-order valence-corrected chi connectivity index (χ2v) is 4.36. The summed E-state index contributed by atoms with van der Waals surface area (Å²) in [6.45, 7) is 1.95. The van der Waals surface area contributed by atoms with Crippen molar-refractivity contribution >= 4 is 16.8 Å². The quantitative estimate of drug-likeness (QED) is 0.731. The Morgan fingerprint density at radius 2 is 2.00 bits per heavy atom. The second kappa shape index (κ2) is 4.20. The molecule has 5 nitrogen and oxygen atoms in total. The first-order valence-corrected chi connectivity index (χ1v) is 5.86. The average Bonchev–Trinajstić information content (AvgIpc) is 2.80. The number of hydrogen-bond acceptors (Lipinski definition) is 3. The number of aromatic amines is 1. The van der Waals surface area contributed by atoms with Crippen LogP contribution >= 0.6 is 0 Å². The number of hydrogen-bond donors (Lipinski definition) is 2. The van der Waals surface area contributed by atoms with Gasteiger partial charge in [-0.15, -0.1) is 0 Å². The fourth-order valence-electron chi connectivity index (χ4n) is 2.07. The maximum absolute atomic E-state index is 11.2. The van der Waals surface area contributed by atoms with E-state index in [-0.39, 0.29) is 5.69 Å². The number of nitrogens with one attached hydrogen (secondary N) is 1. The van der Waals surface area contributed by atoms with Crippen molar-refractivity contribution in [3.63, 3.8) is 0 Å². The minimum atomic E-state index is -0.526. The van der Waals surface area contributed by atoms with Gasteiger partial charge in [0.1, 0.15) is 5.69 Å². The molecule has 1 aromatic carbocycles. The van der Waals surface area contributed by atoms with Gasteiger partial charge in [0.15, 0.2) is 0 Å². The molecule has 0 unspecified atom stereocenters. The van der Waals surface area contributed by atoms with E-state index >= 15 is 0 Å². The molecule has 0 radical (unpaired) electrons. The third-order valence-corrected chi connectivity index (χ3v) is 3.10. The Bertz CT molecular complexity index is 776. The number of H-pyrrole nitrogens is 1. The van der Waals surface area contributed by atoms with Crippen LogP contribution in [0, 0.1) is 6.92 Å². The van der Waals surface area contributed by atoms with Gasteiger partial charge in [0.05, 0.1) is 11.2 Å². The number of aryl methyl sites for hydroxylation is 1. The molecule has 0 aliphatic carbocycles. The highest BCUT2D eigenvalue weighted by molar-refractivity contribution is 5.93. The van der Waals surface area contributed by atoms with Crippen molar-refractivity contribution in [2.75, 3.05) is 0 Å². The Labute approximate surface area is 109 Å². The average molecular weight is 252 g/mol. The van der Waals surface area contributed by atoms with Gasteiger partial charge in [-0.1, -0.05) is 6.07 Å². The molecule has 3 N–H and O–H groups in total. The normalized spacial score (nSPS) is 10.8. The van der Waals surface area contributed by atoms with Gasteiger partial charge < -0.3 is 5.73 Å². The lowest BCUT2D eigenvalue weighted by Gasteiger charge is -2.03. The molecule has 3 rings (SSSR count). The predicted octanol–water partition coefficient (Wildman–Crippen LogP) is 2.03. The first-order chi connectivity index (χ1) is 9.15. The standard InChI is InChI=1S/C14H12N4O/c1-8-11-6-9(2-3-12(11)18-17-8)10-4-5-16-13(7-10)14(15)19/h2-7H,1H3,(H2,15,19)(H,17,18). The third kappa shape index (κ3) is 1.95. The number of benzene rings is 1. The van der Waals surface area contributed by atoms with Crippen LogP contribution in [0.15, 0.2) is 36.5 Å². The molecule has 0 saturated carbocycles. The van der Waals surface area contributed by atoms with Gasteiger partial charge in [-0.2, -0.15) is 5.10 Å². The van der Waals surface area contributed by atoms with Gasteiger partial charge in [0.25, 0.3) is 5.91 Å².